The molecule has 0 spiro atoms. The van der Waals surface area contributed by atoms with E-state index in [0.29, 0.717) is 0 Å². The highest BCUT2D eigenvalue weighted by Crippen LogP contribution is 2.18. The third-order valence-corrected chi connectivity index (χ3v) is 3.67. The van der Waals surface area contributed by atoms with Crippen molar-refractivity contribution >= 4 is 21.7 Å². The van der Waals surface area contributed by atoms with Crippen molar-refractivity contribution < 1.29 is 22.7 Å². The molecular weight excluding hydrogens is 289 g/mol. The van der Waals surface area contributed by atoms with Crippen molar-refractivity contribution in [1.82, 2.24) is 9.55 Å². The fraction of sp³-hybridized carbons (Fsp3) is 0.0909. The van der Waals surface area contributed by atoms with Gasteiger partial charge in [-0.25, -0.2) is 14.2 Å². The second kappa shape index (κ2) is 4.93. The minimum absolute atomic E-state index is 0.0850. The number of carboxylic acid groups (broad SMARTS) is 1. The summed E-state index contributed by atoms with van der Waals surface area (Å²) in [5.74, 6) is -2.46. The Kier molecular flexibility index (Phi) is 3.45. The van der Waals surface area contributed by atoms with E-state index in [2.05, 4.69) is 9.71 Å². The van der Waals surface area contributed by atoms with Crippen molar-refractivity contribution in [3.8, 4) is 0 Å². The molecule has 0 unspecified atom stereocenters. The van der Waals surface area contributed by atoms with Gasteiger partial charge in [0.1, 0.15) is 5.82 Å². The van der Waals surface area contributed by atoms with Crippen LogP contribution in [0.5, 0.6) is 0 Å². The normalized spacial score (nSPS) is 11.3. The third-order valence-electron chi connectivity index (χ3n) is 2.41. The smallest absolute Gasteiger partial charge is 0.338 e. The number of sulfonamides is 1. The average molecular weight is 299 g/mol. The molecule has 106 valence electrons. The topological polar surface area (TPSA) is 101 Å². The highest BCUT2D eigenvalue weighted by atomic mass is 32.2. The number of rotatable bonds is 4. The number of aromatic nitrogens is 2. The SMILES string of the molecule is Cn1cnc(S(=O)(=O)Nc2ccc(C(=O)O)c(F)c2)c1. The maximum atomic E-state index is 13.4. The number of halogens is 1. The summed E-state index contributed by atoms with van der Waals surface area (Å²) >= 11 is 0. The molecule has 1 aromatic heterocycles. The summed E-state index contributed by atoms with van der Waals surface area (Å²) in [6.07, 6.45) is 2.59. The Bertz CT molecular complexity index is 770. The number of hydrogen-bond acceptors (Lipinski definition) is 4. The number of nitrogens with zero attached hydrogens (tertiary/aromatic N) is 2. The van der Waals surface area contributed by atoms with Crippen molar-refractivity contribution in [1.29, 1.82) is 0 Å². The zero-order chi connectivity index (χ0) is 14.9. The molecule has 0 amide bonds. The molecule has 2 N–H and O–H groups in total. The zero-order valence-corrected chi connectivity index (χ0v) is 11.1. The first-order valence-corrected chi connectivity index (χ1v) is 6.81. The fourth-order valence-electron chi connectivity index (χ4n) is 1.49. The minimum atomic E-state index is -3.94. The molecule has 0 aliphatic rings. The predicted octanol–water partition coefficient (Wildman–Crippen LogP) is 1.06. The molecular formula is C11H10FN3O4S. The van der Waals surface area contributed by atoms with Crippen LogP contribution in [-0.2, 0) is 17.1 Å². The van der Waals surface area contributed by atoms with Crippen LogP contribution in [0, 0.1) is 5.82 Å². The van der Waals surface area contributed by atoms with E-state index in [9.17, 15) is 17.6 Å². The maximum absolute atomic E-state index is 13.4. The van der Waals surface area contributed by atoms with Gasteiger partial charge in [0.25, 0.3) is 10.0 Å². The van der Waals surface area contributed by atoms with Gasteiger partial charge < -0.3 is 9.67 Å². The summed E-state index contributed by atoms with van der Waals surface area (Å²) in [6, 6.07) is 2.94. The summed E-state index contributed by atoms with van der Waals surface area (Å²) < 4.78 is 40.9. The van der Waals surface area contributed by atoms with Crippen LogP contribution < -0.4 is 4.72 Å². The summed E-state index contributed by atoms with van der Waals surface area (Å²) in [4.78, 5) is 14.3. The van der Waals surface area contributed by atoms with E-state index >= 15 is 0 Å². The molecule has 0 fully saturated rings. The standard InChI is InChI=1S/C11H10FN3O4S/c1-15-5-10(13-6-15)20(18,19)14-7-2-3-8(11(16)17)9(12)4-7/h2-6,14H,1H3,(H,16,17). The number of aromatic carboxylic acids is 1. The highest BCUT2D eigenvalue weighted by molar-refractivity contribution is 7.92. The molecule has 0 radical (unpaired) electrons. The van der Waals surface area contributed by atoms with Gasteiger partial charge in [0, 0.05) is 13.2 Å². The van der Waals surface area contributed by atoms with E-state index < -0.39 is 27.4 Å². The quantitative estimate of drug-likeness (QED) is 0.879. The van der Waals surface area contributed by atoms with Gasteiger partial charge in [0.15, 0.2) is 5.03 Å². The first-order chi connectivity index (χ1) is 9.29. The van der Waals surface area contributed by atoms with Crippen LogP contribution in [0.1, 0.15) is 10.4 Å². The number of benzene rings is 1. The van der Waals surface area contributed by atoms with Crippen LogP contribution in [0.15, 0.2) is 35.7 Å². The molecule has 0 saturated carbocycles. The first kappa shape index (κ1) is 14.0. The van der Waals surface area contributed by atoms with Crippen LogP contribution in [0.2, 0.25) is 0 Å². The number of hydrogen-bond donors (Lipinski definition) is 2. The molecule has 1 heterocycles. The van der Waals surface area contributed by atoms with Crippen molar-refractivity contribution in [2.75, 3.05) is 4.72 Å². The molecule has 0 bridgehead atoms. The van der Waals surface area contributed by atoms with E-state index in [-0.39, 0.29) is 10.7 Å². The number of carbonyl (C=O) groups is 1. The maximum Gasteiger partial charge on any atom is 0.338 e. The molecule has 0 aliphatic heterocycles. The van der Waals surface area contributed by atoms with Crippen molar-refractivity contribution in [2.24, 2.45) is 7.05 Å². The van der Waals surface area contributed by atoms with Gasteiger partial charge in [-0.3, -0.25) is 4.72 Å². The molecule has 0 atom stereocenters. The monoisotopic (exact) mass is 299 g/mol. The lowest BCUT2D eigenvalue weighted by Crippen LogP contribution is -2.14. The first-order valence-electron chi connectivity index (χ1n) is 5.33. The lowest BCUT2D eigenvalue weighted by Gasteiger charge is -2.06. The molecule has 0 aliphatic carbocycles. The molecule has 0 saturated heterocycles. The van der Waals surface area contributed by atoms with Crippen LogP contribution in [0.4, 0.5) is 10.1 Å². The Morgan fingerprint density at radius 3 is 2.65 bits per heavy atom. The Labute approximate surface area is 113 Å². The Morgan fingerprint density at radius 1 is 1.45 bits per heavy atom. The largest absolute Gasteiger partial charge is 0.478 e. The number of aryl methyl sites for hydroxylation is 1. The Morgan fingerprint density at radius 2 is 2.15 bits per heavy atom. The Balaban J connectivity index is 2.30. The number of anilines is 1. The molecule has 9 heteroatoms. The summed E-state index contributed by atoms with van der Waals surface area (Å²) in [5.41, 5.74) is -0.621. The van der Waals surface area contributed by atoms with Gasteiger partial charge in [-0.1, -0.05) is 0 Å². The molecule has 2 rings (SSSR count). The minimum Gasteiger partial charge on any atom is -0.478 e. The van der Waals surface area contributed by atoms with Crippen molar-refractivity contribution in [2.45, 2.75) is 5.03 Å². The van der Waals surface area contributed by atoms with Crippen LogP contribution in [-0.4, -0.2) is 29.0 Å². The van der Waals surface area contributed by atoms with Crippen molar-refractivity contribution in [3.05, 3.63) is 42.1 Å². The van der Waals surface area contributed by atoms with Gasteiger partial charge >= 0.3 is 5.97 Å². The van der Waals surface area contributed by atoms with Crippen LogP contribution >= 0.6 is 0 Å². The van der Waals surface area contributed by atoms with E-state index in [4.69, 9.17) is 5.11 Å². The highest BCUT2D eigenvalue weighted by Gasteiger charge is 2.18. The van der Waals surface area contributed by atoms with Gasteiger partial charge in [-0.15, -0.1) is 0 Å². The Hall–Kier alpha value is -2.42. The average Bonchev–Trinajstić information content (AvgIpc) is 2.75. The van der Waals surface area contributed by atoms with E-state index in [1.54, 1.807) is 7.05 Å². The van der Waals surface area contributed by atoms with Gasteiger partial charge in [-0.2, -0.15) is 8.42 Å². The van der Waals surface area contributed by atoms with Gasteiger partial charge in [-0.05, 0) is 18.2 Å². The van der Waals surface area contributed by atoms with Crippen molar-refractivity contribution in [3.63, 3.8) is 0 Å². The van der Waals surface area contributed by atoms with Crippen LogP contribution in [0.25, 0.3) is 0 Å². The number of nitrogens with one attached hydrogen (secondary N) is 1. The second-order valence-corrected chi connectivity index (χ2v) is 5.61. The summed E-state index contributed by atoms with van der Waals surface area (Å²) in [6.45, 7) is 0. The number of carboxylic acids is 1. The second-order valence-electron chi connectivity index (χ2n) is 3.98. The molecule has 20 heavy (non-hydrogen) atoms. The van der Waals surface area contributed by atoms with E-state index in [1.807, 2.05) is 0 Å². The van der Waals surface area contributed by atoms with E-state index in [0.717, 1.165) is 18.2 Å². The lowest BCUT2D eigenvalue weighted by molar-refractivity contribution is 0.0692. The predicted molar refractivity (Wildman–Crippen MR) is 67.4 cm³/mol. The lowest BCUT2D eigenvalue weighted by atomic mass is 10.2. The number of imidazole rings is 1. The molecule has 7 nitrogen and oxygen atoms in total. The van der Waals surface area contributed by atoms with Gasteiger partial charge in [0.05, 0.1) is 17.6 Å². The van der Waals surface area contributed by atoms with E-state index in [1.165, 1.54) is 17.1 Å². The fourth-order valence-corrected chi connectivity index (χ4v) is 2.52. The molecule has 2 aromatic rings. The summed E-state index contributed by atoms with van der Waals surface area (Å²) in [5, 5.41) is 8.46. The molecule has 1 aromatic carbocycles. The van der Waals surface area contributed by atoms with Crippen LogP contribution in [0.3, 0.4) is 0 Å². The third kappa shape index (κ3) is 2.77. The van der Waals surface area contributed by atoms with Gasteiger partial charge in [0.2, 0.25) is 0 Å². The zero-order valence-electron chi connectivity index (χ0n) is 10.2. The summed E-state index contributed by atoms with van der Waals surface area (Å²) in [7, 11) is -2.33.